The lowest BCUT2D eigenvalue weighted by Crippen LogP contribution is -2.08. The van der Waals surface area contributed by atoms with Crippen molar-refractivity contribution in [2.75, 3.05) is 13.6 Å². The second-order valence-corrected chi connectivity index (χ2v) is 3.13. The number of halogens is 1. The molecule has 0 saturated carbocycles. The Kier molecular flexibility index (Phi) is 6.66. The molecule has 0 radical (unpaired) electrons. The SMILES string of the molecule is CNCCCc1ccc([N+](=O)[O-])cc1.Cl. The first kappa shape index (κ1) is 13.9. The maximum Gasteiger partial charge on any atom is 0.269 e. The Labute approximate surface area is 95.2 Å². The molecule has 0 amide bonds. The predicted molar refractivity (Wildman–Crippen MR) is 62.6 cm³/mol. The molecule has 0 saturated heterocycles. The molecule has 15 heavy (non-hydrogen) atoms. The number of nitro groups is 1. The van der Waals surface area contributed by atoms with Gasteiger partial charge in [0.2, 0.25) is 0 Å². The van der Waals surface area contributed by atoms with E-state index in [1.165, 1.54) is 0 Å². The molecule has 0 aromatic heterocycles. The van der Waals surface area contributed by atoms with E-state index >= 15 is 0 Å². The van der Waals surface area contributed by atoms with E-state index in [-0.39, 0.29) is 23.0 Å². The third kappa shape index (κ3) is 4.76. The van der Waals surface area contributed by atoms with Crippen molar-refractivity contribution in [3.8, 4) is 0 Å². The highest BCUT2D eigenvalue weighted by Crippen LogP contribution is 2.12. The Bertz CT molecular complexity index is 301. The maximum absolute atomic E-state index is 10.4. The van der Waals surface area contributed by atoms with Crippen LogP contribution in [-0.2, 0) is 6.42 Å². The van der Waals surface area contributed by atoms with E-state index in [4.69, 9.17) is 0 Å². The van der Waals surface area contributed by atoms with E-state index in [2.05, 4.69) is 5.32 Å². The van der Waals surface area contributed by atoms with E-state index in [1.54, 1.807) is 12.1 Å². The van der Waals surface area contributed by atoms with Gasteiger partial charge < -0.3 is 5.32 Å². The fourth-order valence-corrected chi connectivity index (χ4v) is 1.25. The zero-order valence-electron chi connectivity index (χ0n) is 8.60. The molecule has 1 rings (SSSR count). The number of hydrogen-bond donors (Lipinski definition) is 1. The van der Waals surface area contributed by atoms with Gasteiger partial charge in [0.25, 0.3) is 5.69 Å². The fourth-order valence-electron chi connectivity index (χ4n) is 1.25. The quantitative estimate of drug-likeness (QED) is 0.479. The van der Waals surface area contributed by atoms with Gasteiger partial charge in [0.1, 0.15) is 0 Å². The minimum atomic E-state index is -0.378. The second-order valence-electron chi connectivity index (χ2n) is 3.13. The monoisotopic (exact) mass is 230 g/mol. The van der Waals surface area contributed by atoms with Gasteiger partial charge in [-0.1, -0.05) is 12.1 Å². The summed E-state index contributed by atoms with van der Waals surface area (Å²) in [7, 11) is 1.91. The molecule has 0 heterocycles. The van der Waals surface area contributed by atoms with Crippen molar-refractivity contribution < 1.29 is 4.92 Å². The Morgan fingerprint density at radius 2 is 1.93 bits per heavy atom. The summed E-state index contributed by atoms with van der Waals surface area (Å²) in [5.41, 5.74) is 1.30. The van der Waals surface area contributed by atoms with Crippen molar-refractivity contribution in [1.82, 2.24) is 5.32 Å². The van der Waals surface area contributed by atoms with Crippen LogP contribution in [0.5, 0.6) is 0 Å². The molecule has 1 N–H and O–H groups in total. The zero-order valence-corrected chi connectivity index (χ0v) is 9.42. The summed E-state index contributed by atoms with van der Waals surface area (Å²) >= 11 is 0. The van der Waals surface area contributed by atoms with Crippen LogP contribution in [0.4, 0.5) is 5.69 Å². The normalized spacial score (nSPS) is 9.40. The average Bonchev–Trinajstić information content (AvgIpc) is 2.19. The first-order chi connectivity index (χ1) is 6.74. The fraction of sp³-hybridized carbons (Fsp3) is 0.400. The molecule has 4 nitrogen and oxygen atoms in total. The number of aryl methyl sites for hydroxylation is 1. The van der Waals surface area contributed by atoms with Gasteiger partial charge >= 0.3 is 0 Å². The number of nitrogens with one attached hydrogen (secondary N) is 1. The van der Waals surface area contributed by atoms with Crippen LogP contribution in [-0.4, -0.2) is 18.5 Å². The standard InChI is InChI=1S/C10H14N2O2.ClH/c1-11-8-2-3-9-4-6-10(7-5-9)12(13)14;/h4-7,11H,2-3,8H2,1H3;1H. The number of hydrogen-bond acceptors (Lipinski definition) is 3. The third-order valence-corrected chi connectivity index (χ3v) is 2.04. The van der Waals surface area contributed by atoms with Gasteiger partial charge in [0.15, 0.2) is 0 Å². The minimum absolute atomic E-state index is 0. The van der Waals surface area contributed by atoms with E-state index in [9.17, 15) is 10.1 Å². The lowest BCUT2D eigenvalue weighted by atomic mass is 10.1. The predicted octanol–water partition coefficient (Wildman–Crippen LogP) is 2.17. The van der Waals surface area contributed by atoms with Gasteiger partial charge in [-0.15, -0.1) is 12.4 Å². The van der Waals surface area contributed by atoms with Crippen LogP contribution >= 0.6 is 12.4 Å². The highest BCUT2D eigenvalue weighted by atomic mass is 35.5. The molecule has 0 aliphatic carbocycles. The molecule has 5 heteroatoms. The van der Waals surface area contributed by atoms with Gasteiger partial charge in [0, 0.05) is 12.1 Å². The van der Waals surface area contributed by atoms with Crippen LogP contribution in [0.2, 0.25) is 0 Å². The van der Waals surface area contributed by atoms with Crippen LogP contribution in [0.1, 0.15) is 12.0 Å². The van der Waals surface area contributed by atoms with Gasteiger partial charge in [-0.25, -0.2) is 0 Å². The van der Waals surface area contributed by atoms with E-state index in [0.717, 1.165) is 24.9 Å². The zero-order chi connectivity index (χ0) is 10.4. The average molecular weight is 231 g/mol. The molecule has 0 unspecified atom stereocenters. The van der Waals surface area contributed by atoms with Crippen LogP contribution in [0, 0.1) is 10.1 Å². The number of nitro benzene ring substituents is 1. The van der Waals surface area contributed by atoms with Crippen molar-refractivity contribution in [1.29, 1.82) is 0 Å². The van der Waals surface area contributed by atoms with Crippen molar-refractivity contribution >= 4 is 18.1 Å². The first-order valence-corrected chi connectivity index (χ1v) is 4.62. The molecular formula is C10H15ClN2O2. The highest BCUT2D eigenvalue weighted by molar-refractivity contribution is 5.85. The van der Waals surface area contributed by atoms with Gasteiger partial charge in [-0.2, -0.15) is 0 Å². The van der Waals surface area contributed by atoms with E-state index < -0.39 is 0 Å². The topological polar surface area (TPSA) is 55.2 Å². The number of benzene rings is 1. The largest absolute Gasteiger partial charge is 0.320 e. The summed E-state index contributed by atoms with van der Waals surface area (Å²) in [5, 5.41) is 13.4. The van der Waals surface area contributed by atoms with Gasteiger partial charge in [0.05, 0.1) is 4.92 Å². The maximum atomic E-state index is 10.4. The Morgan fingerprint density at radius 1 is 1.33 bits per heavy atom. The summed E-state index contributed by atoms with van der Waals surface area (Å²) in [6.07, 6.45) is 2.01. The summed E-state index contributed by atoms with van der Waals surface area (Å²) in [4.78, 5) is 9.99. The third-order valence-electron chi connectivity index (χ3n) is 2.04. The Morgan fingerprint density at radius 3 is 2.40 bits per heavy atom. The number of nitrogens with zero attached hydrogens (tertiary/aromatic N) is 1. The van der Waals surface area contributed by atoms with Crippen molar-refractivity contribution in [3.05, 3.63) is 39.9 Å². The van der Waals surface area contributed by atoms with Crippen LogP contribution in [0.15, 0.2) is 24.3 Å². The Balaban J connectivity index is 0.00000196. The van der Waals surface area contributed by atoms with Crippen molar-refractivity contribution in [2.45, 2.75) is 12.8 Å². The molecule has 0 aliphatic rings. The van der Waals surface area contributed by atoms with Gasteiger partial charge in [-0.05, 0) is 32.0 Å². The summed E-state index contributed by atoms with van der Waals surface area (Å²) in [6.45, 7) is 0.969. The lowest BCUT2D eigenvalue weighted by Gasteiger charge is -2.00. The van der Waals surface area contributed by atoms with Crippen LogP contribution in [0.3, 0.4) is 0 Å². The molecule has 0 fully saturated rings. The van der Waals surface area contributed by atoms with Gasteiger partial charge in [-0.3, -0.25) is 10.1 Å². The highest BCUT2D eigenvalue weighted by Gasteiger charge is 2.02. The smallest absolute Gasteiger partial charge is 0.269 e. The Hall–Kier alpha value is -1.13. The number of rotatable bonds is 5. The van der Waals surface area contributed by atoms with E-state index in [0.29, 0.717) is 0 Å². The summed E-state index contributed by atoms with van der Waals surface area (Å²) < 4.78 is 0. The van der Waals surface area contributed by atoms with Crippen molar-refractivity contribution in [3.63, 3.8) is 0 Å². The number of non-ortho nitro benzene ring substituents is 1. The van der Waals surface area contributed by atoms with Crippen molar-refractivity contribution in [2.24, 2.45) is 0 Å². The summed E-state index contributed by atoms with van der Waals surface area (Å²) in [5.74, 6) is 0. The molecule has 0 atom stereocenters. The molecule has 1 aromatic rings. The lowest BCUT2D eigenvalue weighted by molar-refractivity contribution is -0.384. The van der Waals surface area contributed by atoms with Crippen LogP contribution < -0.4 is 5.32 Å². The minimum Gasteiger partial charge on any atom is -0.320 e. The van der Waals surface area contributed by atoms with E-state index in [1.807, 2.05) is 19.2 Å². The molecule has 84 valence electrons. The second kappa shape index (κ2) is 7.20. The molecule has 0 aliphatic heterocycles. The summed E-state index contributed by atoms with van der Waals surface area (Å²) in [6, 6.07) is 6.73. The first-order valence-electron chi connectivity index (χ1n) is 4.62. The molecule has 0 spiro atoms. The molecule has 1 aromatic carbocycles. The molecule has 0 bridgehead atoms. The molecular weight excluding hydrogens is 216 g/mol. The van der Waals surface area contributed by atoms with Crippen LogP contribution in [0.25, 0.3) is 0 Å².